The molecular weight excluding hydrogens is 679 g/mol. The third kappa shape index (κ3) is 5.34. The summed E-state index contributed by atoms with van der Waals surface area (Å²) in [5.41, 5.74) is 12.1. The van der Waals surface area contributed by atoms with E-state index in [1.807, 2.05) is 0 Å². The normalized spacial score (nSPS) is 11.6. The summed E-state index contributed by atoms with van der Waals surface area (Å²) in [6.07, 6.45) is 0. The van der Waals surface area contributed by atoms with Gasteiger partial charge in [0.15, 0.2) is 0 Å². The molecule has 1 aromatic heterocycles. The highest BCUT2D eigenvalue weighted by atomic mass is 16.3. The van der Waals surface area contributed by atoms with Gasteiger partial charge in [0.1, 0.15) is 11.2 Å². The Hall–Kier alpha value is -7.42. The first-order chi connectivity index (χ1) is 27.8. The van der Waals surface area contributed by atoms with Gasteiger partial charge in [0, 0.05) is 22.1 Å². The number of anilines is 3. The number of fused-ring (bicyclic) bond motifs is 8. The standard InChI is InChI=1S/C54H35NO/c1-2-12-36(13-3-1)37-28-31-43(32-29-37)55(51-22-11-23-52-53(51)49-33-30-39-14-4-7-19-46(39)54(49)56-52)44-17-10-16-41(34-44)38-24-26-40(27-25-38)50-35-42-15-5-6-18-45(42)47-20-8-9-21-48(47)50/h1-35H. The third-order valence-corrected chi connectivity index (χ3v) is 11.2. The van der Waals surface area contributed by atoms with Gasteiger partial charge in [-0.2, -0.15) is 0 Å². The van der Waals surface area contributed by atoms with Gasteiger partial charge >= 0.3 is 0 Å². The Morgan fingerprint density at radius 1 is 0.321 bits per heavy atom. The molecule has 56 heavy (non-hydrogen) atoms. The van der Waals surface area contributed by atoms with Crippen molar-refractivity contribution in [1.29, 1.82) is 0 Å². The van der Waals surface area contributed by atoms with Crippen LogP contribution in [-0.2, 0) is 0 Å². The van der Waals surface area contributed by atoms with Crippen LogP contribution in [0.15, 0.2) is 217 Å². The van der Waals surface area contributed by atoms with Crippen molar-refractivity contribution in [3.63, 3.8) is 0 Å². The lowest BCUT2D eigenvalue weighted by Crippen LogP contribution is -2.10. The summed E-state index contributed by atoms with van der Waals surface area (Å²) < 4.78 is 6.67. The van der Waals surface area contributed by atoms with Crippen LogP contribution >= 0.6 is 0 Å². The molecule has 11 rings (SSSR count). The average molecular weight is 714 g/mol. The summed E-state index contributed by atoms with van der Waals surface area (Å²) in [6, 6.07) is 76.4. The van der Waals surface area contributed by atoms with E-state index in [1.54, 1.807) is 0 Å². The Bertz CT molecular complexity index is 3230. The lowest BCUT2D eigenvalue weighted by Gasteiger charge is -2.27. The van der Waals surface area contributed by atoms with Crippen LogP contribution in [0, 0.1) is 0 Å². The smallest absolute Gasteiger partial charge is 0.143 e. The molecule has 10 aromatic carbocycles. The molecular formula is C54H35NO. The largest absolute Gasteiger partial charge is 0.455 e. The summed E-state index contributed by atoms with van der Waals surface area (Å²) in [7, 11) is 0. The predicted molar refractivity (Wildman–Crippen MR) is 237 cm³/mol. The van der Waals surface area contributed by atoms with Crippen molar-refractivity contribution in [3.05, 3.63) is 212 Å². The van der Waals surface area contributed by atoms with Gasteiger partial charge in [-0.05, 0) is 109 Å². The van der Waals surface area contributed by atoms with Crippen LogP contribution in [0.25, 0.3) is 87.6 Å². The Labute approximate surface area is 325 Å². The van der Waals surface area contributed by atoms with Crippen molar-refractivity contribution in [2.45, 2.75) is 0 Å². The molecule has 0 radical (unpaired) electrons. The summed E-state index contributed by atoms with van der Waals surface area (Å²) in [5.74, 6) is 0. The van der Waals surface area contributed by atoms with E-state index in [4.69, 9.17) is 4.42 Å². The minimum Gasteiger partial charge on any atom is -0.455 e. The van der Waals surface area contributed by atoms with Crippen LogP contribution < -0.4 is 4.90 Å². The maximum atomic E-state index is 6.67. The van der Waals surface area contributed by atoms with Crippen LogP contribution in [-0.4, -0.2) is 0 Å². The highest BCUT2D eigenvalue weighted by molar-refractivity contribution is 6.19. The van der Waals surface area contributed by atoms with Gasteiger partial charge in [-0.3, -0.25) is 0 Å². The topological polar surface area (TPSA) is 16.4 Å². The van der Waals surface area contributed by atoms with Gasteiger partial charge in [-0.25, -0.2) is 0 Å². The van der Waals surface area contributed by atoms with Crippen LogP contribution in [0.3, 0.4) is 0 Å². The van der Waals surface area contributed by atoms with Gasteiger partial charge in [-0.15, -0.1) is 0 Å². The van der Waals surface area contributed by atoms with E-state index < -0.39 is 0 Å². The Balaban J connectivity index is 1.05. The van der Waals surface area contributed by atoms with Crippen molar-refractivity contribution in [2.75, 3.05) is 4.90 Å². The number of rotatable bonds is 6. The van der Waals surface area contributed by atoms with E-state index in [-0.39, 0.29) is 0 Å². The molecule has 11 aromatic rings. The molecule has 0 saturated carbocycles. The zero-order valence-corrected chi connectivity index (χ0v) is 30.6. The van der Waals surface area contributed by atoms with E-state index >= 15 is 0 Å². The van der Waals surface area contributed by atoms with Gasteiger partial charge in [0.25, 0.3) is 0 Å². The molecule has 0 unspecified atom stereocenters. The van der Waals surface area contributed by atoms with E-state index in [9.17, 15) is 0 Å². The SMILES string of the molecule is c1ccc(-c2ccc(N(c3cccc(-c4ccc(-c5cc6ccccc6c6ccccc56)cc4)c3)c3cccc4oc5c6ccccc6ccc5c34)cc2)cc1. The van der Waals surface area contributed by atoms with Crippen molar-refractivity contribution in [3.8, 4) is 33.4 Å². The first-order valence-corrected chi connectivity index (χ1v) is 19.2. The van der Waals surface area contributed by atoms with Gasteiger partial charge in [0.2, 0.25) is 0 Å². The number of nitrogens with zero attached hydrogens (tertiary/aromatic N) is 1. The highest BCUT2D eigenvalue weighted by Crippen LogP contribution is 2.45. The molecule has 0 aliphatic carbocycles. The molecule has 0 aliphatic rings. The molecule has 0 aliphatic heterocycles. The van der Waals surface area contributed by atoms with Crippen molar-refractivity contribution in [2.24, 2.45) is 0 Å². The number of furan rings is 1. The quantitative estimate of drug-likeness (QED) is 0.160. The third-order valence-electron chi connectivity index (χ3n) is 11.2. The van der Waals surface area contributed by atoms with Crippen molar-refractivity contribution >= 4 is 71.3 Å². The number of benzene rings is 10. The van der Waals surface area contributed by atoms with E-state index in [2.05, 4.69) is 217 Å². The van der Waals surface area contributed by atoms with Crippen LogP contribution in [0.5, 0.6) is 0 Å². The van der Waals surface area contributed by atoms with Crippen molar-refractivity contribution < 1.29 is 4.42 Å². The van der Waals surface area contributed by atoms with Crippen LogP contribution in [0.1, 0.15) is 0 Å². The van der Waals surface area contributed by atoms with Gasteiger partial charge in [-0.1, -0.05) is 164 Å². The Morgan fingerprint density at radius 3 is 1.75 bits per heavy atom. The molecule has 0 N–H and O–H groups in total. The molecule has 0 amide bonds. The first kappa shape index (κ1) is 32.0. The molecule has 262 valence electrons. The minimum absolute atomic E-state index is 0.868. The van der Waals surface area contributed by atoms with Crippen LogP contribution in [0.2, 0.25) is 0 Å². The molecule has 1 heterocycles. The van der Waals surface area contributed by atoms with Gasteiger partial charge in [0.05, 0.1) is 11.1 Å². The molecule has 0 fully saturated rings. The zero-order valence-electron chi connectivity index (χ0n) is 30.6. The van der Waals surface area contributed by atoms with Crippen LogP contribution in [0.4, 0.5) is 17.1 Å². The maximum absolute atomic E-state index is 6.67. The molecule has 0 atom stereocenters. The summed E-state index contributed by atoms with van der Waals surface area (Å²) in [4.78, 5) is 2.38. The summed E-state index contributed by atoms with van der Waals surface area (Å²) in [5, 5.41) is 9.57. The fourth-order valence-electron chi connectivity index (χ4n) is 8.54. The fraction of sp³-hybridized carbons (Fsp3) is 0. The lowest BCUT2D eigenvalue weighted by molar-refractivity contribution is 0.672. The highest BCUT2D eigenvalue weighted by Gasteiger charge is 2.21. The molecule has 0 spiro atoms. The second kappa shape index (κ2) is 13.2. The molecule has 2 nitrogen and oxygen atoms in total. The summed E-state index contributed by atoms with van der Waals surface area (Å²) in [6.45, 7) is 0. The average Bonchev–Trinajstić information content (AvgIpc) is 3.67. The number of hydrogen-bond donors (Lipinski definition) is 0. The monoisotopic (exact) mass is 713 g/mol. The van der Waals surface area contributed by atoms with E-state index in [1.165, 1.54) is 54.7 Å². The van der Waals surface area contributed by atoms with E-state index in [0.29, 0.717) is 0 Å². The second-order valence-corrected chi connectivity index (χ2v) is 14.5. The molecule has 2 heteroatoms. The lowest BCUT2D eigenvalue weighted by atomic mass is 9.92. The number of hydrogen-bond acceptors (Lipinski definition) is 2. The Morgan fingerprint density at radius 2 is 0.929 bits per heavy atom. The maximum Gasteiger partial charge on any atom is 0.143 e. The minimum atomic E-state index is 0.868. The Kier molecular flexibility index (Phi) is 7.53. The predicted octanol–water partition coefficient (Wildman–Crippen LogP) is 15.5. The fourth-order valence-corrected chi connectivity index (χ4v) is 8.54. The van der Waals surface area contributed by atoms with E-state index in [0.717, 1.165) is 50.0 Å². The first-order valence-electron chi connectivity index (χ1n) is 19.2. The molecule has 0 bridgehead atoms. The molecule has 0 saturated heterocycles. The second-order valence-electron chi connectivity index (χ2n) is 14.5. The summed E-state index contributed by atoms with van der Waals surface area (Å²) >= 11 is 0. The van der Waals surface area contributed by atoms with Crippen molar-refractivity contribution in [1.82, 2.24) is 0 Å². The zero-order chi connectivity index (χ0) is 37.0. The van der Waals surface area contributed by atoms with Gasteiger partial charge < -0.3 is 9.32 Å².